The number of piperazine rings is 1. The highest BCUT2D eigenvalue weighted by Gasteiger charge is 2.34. The second kappa shape index (κ2) is 10.3. The number of aromatic nitrogens is 5. The lowest BCUT2D eigenvalue weighted by molar-refractivity contribution is -0.162. The third-order valence-electron chi connectivity index (χ3n) is 6.32. The summed E-state index contributed by atoms with van der Waals surface area (Å²) in [6.45, 7) is 4.14. The van der Waals surface area contributed by atoms with Gasteiger partial charge in [0.2, 0.25) is 5.91 Å². The first-order chi connectivity index (χ1) is 17.7. The van der Waals surface area contributed by atoms with Crippen LogP contribution in [-0.2, 0) is 17.8 Å². The van der Waals surface area contributed by atoms with Crippen LogP contribution < -0.4 is 0 Å². The van der Waals surface area contributed by atoms with Crippen LogP contribution >= 0.6 is 0 Å². The highest BCUT2D eigenvalue weighted by molar-refractivity contribution is 5.81. The van der Waals surface area contributed by atoms with Crippen molar-refractivity contribution in [3.63, 3.8) is 0 Å². The van der Waals surface area contributed by atoms with E-state index in [1.807, 2.05) is 43.3 Å². The molecule has 1 aliphatic rings. The van der Waals surface area contributed by atoms with Gasteiger partial charge in [0.15, 0.2) is 0 Å². The van der Waals surface area contributed by atoms with Crippen molar-refractivity contribution in [3.8, 4) is 11.3 Å². The minimum atomic E-state index is -4.47. The van der Waals surface area contributed by atoms with Crippen molar-refractivity contribution in [1.82, 2.24) is 34.7 Å². The van der Waals surface area contributed by atoms with Crippen LogP contribution in [0.5, 0.6) is 0 Å². The fraction of sp³-hybridized carbons (Fsp3) is 0.346. The summed E-state index contributed by atoms with van der Waals surface area (Å²) in [5.74, 6) is 0.654. The maximum atomic E-state index is 12.5. The molecule has 1 amide bonds. The summed E-state index contributed by atoms with van der Waals surface area (Å²) in [6.07, 6.45) is -1.84. The molecule has 5 rings (SSSR count). The number of nitrogens with one attached hydrogen (secondary N) is 1. The normalized spacial score (nSPS) is 14.9. The Morgan fingerprint density at radius 1 is 1.00 bits per heavy atom. The molecular weight excluding hydrogens is 483 g/mol. The Bertz CT molecular complexity index is 1410. The van der Waals surface area contributed by atoms with Crippen molar-refractivity contribution in [1.29, 1.82) is 0 Å². The largest absolute Gasteiger partial charge is 0.397 e. The second-order valence-electron chi connectivity index (χ2n) is 9.19. The van der Waals surface area contributed by atoms with Crippen LogP contribution in [0.3, 0.4) is 0 Å². The lowest BCUT2D eigenvalue weighted by Gasteiger charge is -2.35. The first kappa shape index (κ1) is 24.8. The average Bonchev–Trinajstić information content (AvgIpc) is 3.25. The molecule has 0 aliphatic carbocycles. The Morgan fingerprint density at radius 2 is 1.78 bits per heavy atom. The smallest absolute Gasteiger partial charge is 0.342 e. The molecule has 37 heavy (non-hydrogen) atoms. The maximum Gasteiger partial charge on any atom is 0.397 e. The summed E-state index contributed by atoms with van der Waals surface area (Å²) in [6, 6.07) is 11.8. The molecule has 1 fully saturated rings. The maximum absolute atomic E-state index is 12.5. The summed E-state index contributed by atoms with van der Waals surface area (Å²) in [5, 5.41) is 0. The summed E-state index contributed by atoms with van der Waals surface area (Å²) < 4.78 is 37.5. The Balaban J connectivity index is 1.21. The standard InChI is InChI=1S/C26H26F3N7O/c1-17-30-7-5-21(32-17)19-2-3-22-23(13-19)34-24(33-22)14-20-12-18(4-6-31-20)16-35-8-10-36(11-9-35)25(37)15-26(27,28)29/h2-7,12-13H,8-11,14-16H2,1H3,(H,33,34). The number of rotatable bonds is 6. The number of nitrogens with zero attached hydrogens (tertiary/aromatic N) is 6. The van der Waals surface area contributed by atoms with Gasteiger partial charge in [-0.3, -0.25) is 14.7 Å². The summed E-state index contributed by atoms with van der Waals surface area (Å²) in [4.78, 5) is 36.5. The minimum Gasteiger partial charge on any atom is -0.342 e. The predicted molar refractivity (Wildman–Crippen MR) is 131 cm³/mol. The molecule has 0 unspecified atom stereocenters. The van der Waals surface area contributed by atoms with Crippen molar-refractivity contribution < 1.29 is 18.0 Å². The number of hydrogen-bond donors (Lipinski definition) is 1. The van der Waals surface area contributed by atoms with E-state index in [4.69, 9.17) is 4.98 Å². The second-order valence-corrected chi connectivity index (χ2v) is 9.19. The molecule has 0 radical (unpaired) electrons. The molecule has 1 N–H and O–H groups in total. The number of alkyl halides is 3. The lowest BCUT2D eigenvalue weighted by Crippen LogP contribution is -2.49. The monoisotopic (exact) mass is 509 g/mol. The zero-order valence-corrected chi connectivity index (χ0v) is 20.3. The van der Waals surface area contributed by atoms with Crippen LogP contribution in [0.2, 0.25) is 0 Å². The van der Waals surface area contributed by atoms with E-state index in [0.717, 1.165) is 39.4 Å². The van der Waals surface area contributed by atoms with Gasteiger partial charge in [0, 0.05) is 62.8 Å². The molecule has 11 heteroatoms. The SMILES string of the molecule is Cc1nccc(-c2ccc3nc(Cc4cc(CN5CCN(C(=O)CC(F)(F)F)CC5)ccn4)[nH]c3c2)n1. The number of fused-ring (bicyclic) bond motifs is 1. The Hall–Kier alpha value is -3.86. The molecule has 0 spiro atoms. The van der Waals surface area contributed by atoms with Gasteiger partial charge in [-0.25, -0.2) is 15.0 Å². The quantitative estimate of drug-likeness (QED) is 0.424. The number of benzene rings is 1. The van der Waals surface area contributed by atoms with E-state index in [2.05, 4.69) is 24.8 Å². The molecule has 3 aromatic heterocycles. The van der Waals surface area contributed by atoms with Gasteiger partial charge in [0.1, 0.15) is 18.1 Å². The van der Waals surface area contributed by atoms with E-state index in [1.54, 1.807) is 12.4 Å². The minimum absolute atomic E-state index is 0.294. The zero-order valence-electron chi connectivity index (χ0n) is 20.3. The van der Waals surface area contributed by atoms with E-state index in [9.17, 15) is 18.0 Å². The average molecular weight is 510 g/mol. The topological polar surface area (TPSA) is 90.9 Å². The molecule has 192 valence electrons. The van der Waals surface area contributed by atoms with Gasteiger partial charge < -0.3 is 9.88 Å². The van der Waals surface area contributed by atoms with Crippen LogP contribution in [-0.4, -0.2) is 73.0 Å². The number of carbonyl (C=O) groups excluding carboxylic acids is 1. The lowest BCUT2D eigenvalue weighted by atomic mass is 10.1. The third kappa shape index (κ3) is 6.29. The van der Waals surface area contributed by atoms with Gasteiger partial charge >= 0.3 is 6.18 Å². The van der Waals surface area contributed by atoms with E-state index >= 15 is 0 Å². The summed E-state index contributed by atoms with van der Waals surface area (Å²) >= 11 is 0. The Kier molecular flexibility index (Phi) is 6.88. The molecule has 0 bridgehead atoms. The molecule has 4 heterocycles. The molecule has 4 aromatic rings. The number of aryl methyl sites for hydroxylation is 1. The van der Waals surface area contributed by atoms with Gasteiger partial charge in [-0.2, -0.15) is 13.2 Å². The molecule has 8 nitrogen and oxygen atoms in total. The predicted octanol–water partition coefficient (Wildman–Crippen LogP) is 3.91. The highest BCUT2D eigenvalue weighted by Crippen LogP contribution is 2.23. The van der Waals surface area contributed by atoms with Gasteiger partial charge in [-0.15, -0.1) is 0 Å². The van der Waals surface area contributed by atoms with Crippen molar-refractivity contribution in [2.45, 2.75) is 32.5 Å². The zero-order chi connectivity index (χ0) is 26.0. The van der Waals surface area contributed by atoms with Crippen LogP contribution in [0.1, 0.15) is 29.3 Å². The third-order valence-corrected chi connectivity index (χ3v) is 6.32. The van der Waals surface area contributed by atoms with E-state index in [1.165, 1.54) is 4.90 Å². The fourth-order valence-electron chi connectivity index (χ4n) is 4.51. The molecule has 1 saturated heterocycles. The van der Waals surface area contributed by atoms with Crippen LogP contribution in [0.25, 0.3) is 22.3 Å². The molecular formula is C26H26F3N7O. The van der Waals surface area contributed by atoms with Gasteiger partial charge in [-0.05, 0) is 42.8 Å². The van der Waals surface area contributed by atoms with Gasteiger partial charge in [0.25, 0.3) is 0 Å². The first-order valence-electron chi connectivity index (χ1n) is 12.0. The number of aromatic amines is 1. The van der Waals surface area contributed by atoms with E-state index < -0.39 is 18.5 Å². The number of imidazole rings is 1. The van der Waals surface area contributed by atoms with Crippen LogP contribution in [0.4, 0.5) is 13.2 Å². The van der Waals surface area contributed by atoms with Gasteiger partial charge in [-0.1, -0.05) is 6.07 Å². The van der Waals surface area contributed by atoms with Crippen molar-refractivity contribution in [3.05, 3.63) is 71.7 Å². The van der Waals surface area contributed by atoms with Crippen molar-refractivity contribution in [2.24, 2.45) is 0 Å². The highest BCUT2D eigenvalue weighted by atomic mass is 19.4. The number of amides is 1. The van der Waals surface area contributed by atoms with Crippen molar-refractivity contribution >= 4 is 16.9 Å². The number of pyridine rings is 1. The Morgan fingerprint density at radius 3 is 2.54 bits per heavy atom. The fourth-order valence-corrected chi connectivity index (χ4v) is 4.51. The van der Waals surface area contributed by atoms with E-state index in [-0.39, 0.29) is 0 Å². The molecule has 0 atom stereocenters. The molecule has 1 aromatic carbocycles. The molecule has 1 aliphatic heterocycles. The molecule has 0 saturated carbocycles. The number of hydrogen-bond acceptors (Lipinski definition) is 6. The summed E-state index contributed by atoms with van der Waals surface area (Å²) in [5.41, 5.74) is 5.52. The van der Waals surface area contributed by atoms with Crippen LogP contribution in [0, 0.1) is 6.92 Å². The summed E-state index contributed by atoms with van der Waals surface area (Å²) in [7, 11) is 0. The number of halogens is 3. The number of H-pyrrole nitrogens is 1. The van der Waals surface area contributed by atoms with Crippen LogP contribution in [0.15, 0.2) is 48.8 Å². The van der Waals surface area contributed by atoms with Gasteiger partial charge in [0.05, 0.1) is 16.7 Å². The first-order valence-corrected chi connectivity index (χ1v) is 12.0. The number of carbonyl (C=O) groups is 1. The Labute approximate surface area is 211 Å². The van der Waals surface area contributed by atoms with E-state index in [0.29, 0.717) is 45.0 Å². The van der Waals surface area contributed by atoms with Crippen molar-refractivity contribution in [2.75, 3.05) is 26.2 Å².